The largest absolute Gasteiger partial charge is 0.504 e. The molecule has 1 aromatic carbocycles. The molecule has 16 heavy (non-hydrogen) atoms. The molecule has 5 nitrogen and oxygen atoms in total. The zero-order valence-corrected chi connectivity index (χ0v) is 9.06. The van der Waals surface area contributed by atoms with E-state index in [4.69, 9.17) is 5.11 Å². The number of carbonyl (C=O) groups excluding carboxylic acids is 1. The van der Waals surface area contributed by atoms with E-state index in [1.165, 1.54) is 12.1 Å². The first-order valence-electron chi connectivity index (χ1n) is 5.05. The van der Waals surface area contributed by atoms with Crippen molar-refractivity contribution in [2.45, 2.75) is 13.3 Å². The molecular formula is C11H15NO4. The van der Waals surface area contributed by atoms with Crippen LogP contribution in [0.25, 0.3) is 0 Å². The molecule has 1 aromatic rings. The van der Waals surface area contributed by atoms with Gasteiger partial charge in [0.05, 0.1) is 6.61 Å². The van der Waals surface area contributed by atoms with Crippen LogP contribution in [-0.2, 0) is 11.2 Å². The van der Waals surface area contributed by atoms with E-state index in [1.54, 1.807) is 13.0 Å². The van der Waals surface area contributed by atoms with Crippen molar-refractivity contribution in [2.24, 2.45) is 0 Å². The first kappa shape index (κ1) is 12.2. The summed E-state index contributed by atoms with van der Waals surface area (Å²) in [6.07, 6.45) is 0.109. The summed E-state index contributed by atoms with van der Waals surface area (Å²) in [7, 11) is 0. The maximum atomic E-state index is 10.9. The average molecular weight is 225 g/mol. The Hall–Kier alpha value is -1.91. The van der Waals surface area contributed by atoms with Gasteiger partial charge in [-0.05, 0) is 31.0 Å². The molecule has 88 valence electrons. The van der Waals surface area contributed by atoms with Crippen molar-refractivity contribution in [1.29, 1.82) is 0 Å². The van der Waals surface area contributed by atoms with Crippen LogP contribution in [0, 0.1) is 0 Å². The number of ether oxygens (including phenoxy) is 1. The Balaban J connectivity index is 2.37. The molecule has 0 atom stereocenters. The Bertz CT molecular complexity index is 365. The Kier molecular flexibility index (Phi) is 4.44. The van der Waals surface area contributed by atoms with Gasteiger partial charge in [-0.2, -0.15) is 0 Å². The molecule has 0 aliphatic rings. The second kappa shape index (κ2) is 5.85. The number of aromatic hydroxyl groups is 2. The summed E-state index contributed by atoms with van der Waals surface area (Å²) < 4.78 is 4.68. The van der Waals surface area contributed by atoms with E-state index in [0.29, 0.717) is 19.6 Å². The number of phenols is 2. The van der Waals surface area contributed by atoms with Crippen molar-refractivity contribution < 1.29 is 19.7 Å². The molecule has 5 heteroatoms. The second-order valence-electron chi connectivity index (χ2n) is 3.22. The highest BCUT2D eigenvalue weighted by atomic mass is 16.5. The zero-order valence-electron chi connectivity index (χ0n) is 9.06. The lowest BCUT2D eigenvalue weighted by Gasteiger charge is -2.06. The van der Waals surface area contributed by atoms with Crippen LogP contribution in [0.2, 0.25) is 0 Å². The highest BCUT2D eigenvalue weighted by Crippen LogP contribution is 2.24. The highest BCUT2D eigenvalue weighted by molar-refractivity contribution is 5.67. The van der Waals surface area contributed by atoms with Crippen LogP contribution < -0.4 is 5.32 Å². The van der Waals surface area contributed by atoms with E-state index < -0.39 is 6.09 Å². The monoisotopic (exact) mass is 225 g/mol. The number of hydrogen-bond donors (Lipinski definition) is 3. The zero-order chi connectivity index (χ0) is 12.0. The molecule has 0 heterocycles. The Morgan fingerprint density at radius 2 is 2.12 bits per heavy atom. The smallest absolute Gasteiger partial charge is 0.407 e. The van der Waals surface area contributed by atoms with E-state index in [1.807, 2.05) is 0 Å². The molecule has 0 aliphatic carbocycles. The molecule has 0 radical (unpaired) electrons. The van der Waals surface area contributed by atoms with Gasteiger partial charge in [-0.25, -0.2) is 4.79 Å². The highest BCUT2D eigenvalue weighted by Gasteiger charge is 2.02. The molecule has 0 saturated heterocycles. The fourth-order valence-electron chi connectivity index (χ4n) is 1.22. The van der Waals surface area contributed by atoms with Crippen LogP contribution in [-0.4, -0.2) is 29.5 Å². The quantitative estimate of drug-likeness (QED) is 0.676. The van der Waals surface area contributed by atoms with E-state index in [-0.39, 0.29) is 11.5 Å². The summed E-state index contributed by atoms with van der Waals surface area (Å²) in [5.41, 5.74) is 0.826. The third-order valence-corrected chi connectivity index (χ3v) is 2.00. The molecule has 3 N–H and O–H groups in total. The molecule has 0 spiro atoms. The minimum absolute atomic E-state index is 0.151. The summed E-state index contributed by atoms with van der Waals surface area (Å²) in [5.74, 6) is -0.310. The van der Waals surface area contributed by atoms with Crippen LogP contribution in [0.15, 0.2) is 18.2 Å². The van der Waals surface area contributed by atoms with Crippen molar-refractivity contribution in [3.63, 3.8) is 0 Å². The second-order valence-corrected chi connectivity index (χ2v) is 3.22. The Morgan fingerprint density at radius 3 is 2.75 bits per heavy atom. The number of rotatable bonds is 4. The first-order valence-corrected chi connectivity index (χ1v) is 5.05. The van der Waals surface area contributed by atoms with Crippen LogP contribution in [0.5, 0.6) is 11.5 Å². The lowest BCUT2D eigenvalue weighted by molar-refractivity contribution is 0.152. The fourth-order valence-corrected chi connectivity index (χ4v) is 1.22. The number of carbonyl (C=O) groups is 1. The van der Waals surface area contributed by atoms with E-state index in [9.17, 15) is 9.90 Å². The topological polar surface area (TPSA) is 78.8 Å². The number of alkyl carbamates (subject to hydrolysis) is 1. The molecule has 0 fully saturated rings. The summed E-state index contributed by atoms with van der Waals surface area (Å²) in [5, 5.41) is 20.9. The minimum Gasteiger partial charge on any atom is -0.504 e. The minimum atomic E-state index is -0.453. The third kappa shape index (κ3) is 3.68. The van der Waals surface area contributed by atoms with Gasteiger partial charge >= 0.3 is 6.09 Å². The fraction of sp³-hybridized carbons (Fsp3) is 0.364. The molecule has 1 amide bonds. The van der Waals surface area contributed by atoms with E-state index in [2.05, 4.69) is 10.1 Å². The molecule has 0 unspecified atom stereocenters. The van der Waals surface area contributed by atoms with Gasteiger partial charge < -0.3 is 20.3 Å². The number of benzene rings is 1. The summed E-state index contributed by atoms with van der Waals surface area (Å²) >= 11 is 0. The van der Waals surface area contributed by atoms with Crippen molar-refractivity contribution >= 4 is 6.09 Å². The van der Waals surface area contributed by atoms with Crippen molar-refractivity contribution in [2.75, 3.05) is 13.2 Å². The predicted octanol–water partition coefficient (Wildman–Crippen LogP) is 1.39. The summed E-state index contributed by atoms with van der Waals surface area (Å²) in [6, 6.07) is 4.55. The number of hydrogen-bond acceptors (Lipinski definition) is 4. The van der Waals surface area contributed by atoms with Gasteiger partial charge in [-0.15, -0.1) is 0 Å². The standard InChI is InChI=1S/C11H15NO4/c1-2-16-11(15)12-6-5-8-3-4-9(13)10(14)7-8/h3-4,7,13-14H,2,5-6H2,1H3,(H,12,15). The van der Waals surface area contributed by atoms with Gasteiger partial charge in [-0.1, -0.05) is 6.07 Å². The van der Waals surface area contributed by atoms with Gasteiger partial charge in [0.2, 0.25) is 0 Å². The van der Waals surface area contributed by atoms with E-state index >= 15 is 0 Å². The molecule has 0 aliphatic heterocycles. The molecular weight excluding hydrogens is 210 g/mol. The summed E-state index contributed by atoms with van der Waals surface area (Å²) in [4.78, 5) is 10.9. The van der Waals surface area contributed by atoms with Crippen molar-refractivity contribution in [1.82, 2.24) is 5.32 Å². The SMILES string of the molecule is CCOC(=O)NCCc1ccc(O)c(O)c1. The first-order chi connectivity index (χ1) is 7.63. The molecule has 0 bridgehead atoms. The van der Waals surface area contributed by atoms with E-state index in [0.717, 1.165) is 5.56 Å². The molecule has 1 rings (SSSR count). The van der Waals surface area contributed by atoms with Gasteiger partial charge in [0.1, 0.15) is 0 Å². The van der Waals surface area contributed by atoms with Crippen LogP contribution in [0.1, 0.15) is 12.5 Å². The maximum absolute atomic E-state index is 10.9. The van der Waals surface area contributed by atoms with Gasteiger partial charge in [-0.3, -0.25) is 0 Å². The number of amides is 1. The maximum Gasteiger partial charge on any atom is 0.407 e. The van der Waals surface area contributed by atoms with Crippen molar-refractivity contribution in [3.8, 4) is 11.5 Å². The van der Waals surface area contributed by atoms with Gasteiger partial charge in [0, 0.05) is 6.54 Å². The van der Waals surface area contributed by atoms with Crippen LogP contribution >= 0.6 is 0 Å². The Morgan fingerprint density at radius 1 is 1.38 bits per heavy atom. The predicted molar refractivity (Wildman–Crippen MR) is 58.5 cm³/mol. The van der Waals surface area contributed by atoms with Gasteiger partial charge in [0.25, 0.3) is 0 Å². The molecule has 0 saturated carbocycles. The summed E-state index contributed by atoms with van der Waals surface area (Å²) in [6.45, 7) is 2.49. The normalized spacial score (nSPS) is 9.81. The average Bonchev–Trinajstić information content (AvgIpc) is 2.24. The molecule has 0 aromatic heterocycles. The number of phenolic OH excluding ortho intramolecular Hbond substituents is 2. The lowest BCUT2D eigenvalue weighted by Crippen LogP contribution is -2.26. The van der Waals surface area contributed by atoms with Crippen molar-refractivity contribution in [3.05, 3.63) is 23.8 Å². The van der Waals surface area contributed by atoms with Crippen LogP contribution in [0.3, 0.4) is 0 Å². The Labute approximate surface area is 93.7 Å². The van der Waals surface area contributed by atoms with Gasteiger partial charge in [0.15, 0.2) is 11.5 Å². The third-order valence-electron chi connectivity index (χ3n) is 2.00. The number of nitrogens with one attached hydrogen (secondary N) is 1. The lowest BCUT2D eigenvalue weighted by atomic mass is 10.1. The van der Waals surface area contributed by atoms with Crippen LogP contribution in [0.4, 0.5) is 4.79 Å².